The maximum atomic E-state index is 13.8. The normalized spacial score (nSPS) is 14.2. The van der Waals surface area contributed by atoms with E-state index in [4.69, 9.17) is 4.74 Å². The smallest absolute Gasteiger partial charge is 0.317 e. The number of urea groups is 1. The summed E-state index contributed by atoms with van der Waals surface area (Å²) in [7, 11) is 0. The number of nitrogens with zero attached hydrogens (tertiary/aromatic N) is 2. The highest BCUT2D eigenvalue weighted by atomic mass is 19.1. The molecular weight excluding hydrogens is 340 g/mol. The number of amides is 2. The van der Waals surface area contributed by atoms with Crippen LogP contribution in [0.5, 0.6) is 5.75 Å². The molecule has 0 bridgehead atoms. The summed E-state index contributed by atoms with van der Waals surface area (Å²) in [6, 6.07) is 12.3. The van der Waals surface area contributed by atoms with Crippen LogP contribution in [0.4, 0.5) is 19.3 Å². The van der Waals surface area contributed by atoms with Crippen LogP contribution in [-0.2, 0) is 0 Å². The van der Waals surface area contributed by atoms with Gasteiger partial charge in [-0.15, -0.1) is 0 Å². The molecule has 2 amide bonds. The molecule has 2 aromatic carbocycles. The molecule has 3 rings (SSSR count). The zero-order chi connectivity index (χ0) is 18.4. The van der Waals surface area contributed by atoms with Crippen LogP contribution in [0.2, 0.25) is 0 Å². The molecule has 1 N–H and O–H groups in total. The standard InChI is InChI=1S/C19H21F2N3O2/c20-15-4-3-5-16(14-15)26-13-8-22-19(25)24-11-9-23(10-12-24)18-7-2-1-6-17(18)21/h1-7,14H,8-13H2,(H,22,25). The zero-order valence-electron chi connectivity index (χ0n) is 14.3. The highest BCUT2D eigenvalue weighted by molar-refractivity contribution is 5.74. The fourth-order valence-corrected chi connectivity index (χ4v) is 2.85. The van der Waals surface area contributed by atoms with E-state index >= 15 is 0 Å². The number of hydrogen-bond donors (Lipinski definition) is 1. The lowest BCUT2D eigenvalue weighted by Gasteiger charge is -2.36. The van der Waals surface area contributed by atoms with E-state index in [2.05, 4.69) is 5.32 Å². The van der Waals surface area contributed by atoms with Gasteiger partial charge < -0.3 is 19.9 Å². The fourth-order valence-electron chi connectivity index (χ4n) is 2.85. The van der Waals surface area contributed by atoms with Crippen molar-refractivity contribution >= 4 is 11.7 Å². The predicted molar refractivity (Wildman–Crippen MR) is 95.5 cm³/mol. The summed E-state index contributed by atoms with van der Waals surface area (Å²) in [4.78, 5) is 15.8. The lowest BCUT2D eigenvalue weighted by Crippen LogP contribution is -2.52. The van der Waals surface area contributed by atoms with Crippen LogP contribution in [0, 0.1) is 11.6 Å². The van der Waals surface area contributed by atoms with Gasteiger partial charge in [-0.3, -0.25) is 0 Å². The van der Waals surface area contributed by atoms with Crippen molar-refractivity contribution in [1.29, 1.82) is 0 Å². The SMILES string of the molecule is O=C(NCCOc1cccc(F)c1)N1CCN(c2ccccc2F)CC1. The Hall–Kier alpha value is -2.83. The van der Waals surface area contributed by atoms with E-state index in [0.717, 1.165) is 0 Å². The number of piperazine rings is 1. The van der Waals surface area contributed by atoms with Gasteiger partial charge in [0.1, 0.15) is 24.0 Å². The van der Waals surface area contributed by atoms with Crippen molar-refractivity contribution in [3.05, 3.63) is 60.2 Å². The number of para-hydroxylation sites is 1. The monoisotopic (exact) mass is 361 g/mol. The Morgan fingerprint density at radius 2 is 1.81 bits per heavy atom. The Morgan fingerprint density at radius 3 is 2.54 bits per heavy atom. The van der Waals surface area contributed by atoms with Crippen LogP contribution < -0.4 is 15.0 Å². The van der Waals surface area contributed by atoms with Gasteiger partial charge in [0, 0.05) is 32.2 Å². The van der Waals surface area contributed by atoms with Crippen LogP contribution in [-0.4, -0.2) is 50.3 Å². The van der Waals surface area contributed by atoms with Gasteiger partial charge in [-0.2, -0.15) is 0 Å². The molecule has 7 heteroatoms. The Bertz CT molecular complexity index is 749. The van der Waals surface area contributed by atoms with E-state index in [1.807, 2.05) is 4.90 Å². The van der Waals surface area contributed by atoms with Gasteiger partial charge in [-0.05, 0) is 24.3 Å². The summed E-state index contributed by atoms with van der Waals surface area (Å²) in [5.74, 6) is -0.183. The van der Waals surface area contributed by atoms with Crippen LogP contribution in [0.15, 0.2) is 48.5 Å². The highest BCUT2D eigenvalue weighted by Crippen LogP contribution is 2.20. The zero-order valence-corrected chi connectivity index (χ0v) is 14.3. The van der Waals surface area contributed by atoms with Crippen LogP contribution >= 0.6 is 0 Å². The van der Waals surface area contributed by atoms with Crippen LogP contribution in [0.25, 0.3) is 0 Å². The van der Waals surface area contributed by atoms with Crippen LogP contribution in [0.1, 0.15) is 0 Å². The number of ether oxygens (including phenoxy) is 1. The molecule has 1 aliphatic rings. The molecule has 26 heavy (non-hydrogen) atoms. The van der Waals surface area contributed by atoms with E-state index in [-0.39, 0.29) is 24.3 Å². The molecular formula is C19H21F2N3O2. The molecule has 1 fully saturated rings. The van der Waals surface area contributed by atoms with Crippen molar-refractivity contribution in [1.82, 2.24) is 10.2 Å². The van der Waals surface area contributed by atoms with Gasteiger partial charge in [0.15, 0.2) is 0 Å². The number of anilines is 1. The van der Waals surface area contributed by atoms with Crippen molar-refractivity contribution in [3.63, 3.8) is 0 Å². The molecule has 0 spiro atoms. The summed E-state index contributed by atoms with van der Waals surface area (Å²) < 4.78 is 32.3. The quantitative estimate of drug-likeness (QED) is 0.833. The molecule has 0 atom stereocenters. The second-order valence-corrected chi connectivity index (χ2v) is 5.96. The Morgan fingerprint density at radius 1 is 1.04 bits per heavy atom. The molecule has 0 aliphatic carbocycles. The first kappa shape index (κ1) is 18.0. The molecule has 1 aliphatic heterocycles. The van der Waals surface area contributed by atoms with Gasteiger partial charge in [0.25, 0.3) is 0 Å². The Balaban J connectivity index is 1.39. The molecule has 0 unspecified atom stereocenters. The van der Waals surface area contributed by atoms with Crippen molar-refractivity contribution < 1.29 is 18.3 Å². The van der Waals surface area contributed by atoms with E-state index in [0.29, 0.717) is 44.2 Å². The Labute approximate surface area is 151 Å². The van der Waals surface area contributed by atoms with E-state index in [9.17, 15) is 13.6 Å². The molecule has 0 aromatic heterocycles. The third-order valence-electron chi connectivity index (χ3n) is 4.20. The molecule has 138 valence electrons. The maximum Gasteiger partial charge on any atom is 0.317 e. The number of carbonyl (C=O) groups is 1. The number of benzene rings is 2. The minimum absolute atomic E-state index is 0.180. The van der Waals surface area contributed by atoms with Crippen LogP contribution in [0.3, 0.4) is 0 Å². The molecule has 0 saturated carbocycles. The van der Waals surface area contributed by atoms with Crippen molar-refractivity contribution in [2.24, 2.45) is 0 Å². The second-order valence-electron chi connectivity index (χ2n) is 5.96. The van der Waals surface area contributed by atoms with Gasteiger partial charge in [0.2, 0.25) is 0 Å². The Kier molecular flexibility index (Phi) is 5.88. The number of carbonyl (C=O) groups excluding carboxylic acids is 1. The maximum absolute atomic E-state index is 13.8. The third-order valence-corrected chi connectivity index (χ3v) is 4.20. The summed E-state index contributed by atoms with van der Waals surface area (Å²) in [5, 5.41) is 2.78. The third kappa shape index (κ3) is 4.62. The van der Waals surface area contributed by atoms with Gasteiger partial charge in [-0.25, -0.2) is 13.6 Å². The van der Waals surface area contributed by atoms with Crippen molar-refractivity contribution in [3.8, 4) is 5.75 Å². The number of rotatable bonds is 5. The number of hydrogen-bond acceptors (Lipinski definition) is 3. The summed E-state index contributed by atoms with van der Waals surface area (Å²) >= 11 is 0. The molecule has 2 aromatic rings. The number of nitrogens with one attached hydrogen (secondary N) is 1. The van der Waals surface area contributed by atoms with Gasteiger partial charge in [-0.1, -0.05) is 18.2 Å². The average Bonchev–Trinajstić information content (AvgIpc) is 2.66. The van der Waals surface area contributed by atoms with Gasteiger partial charge >= 0.3 is 6.03 Å². The topological polar surface area (TPSA) is 44.8 Å². The molecule has 1 saturated heterocycles. The summed E-state index contributed by atoms with van der Waals surface area (Å²) in [6.07, 6.45) is 0. The first-order valence-electron chi connectivity index (χ1n) is 8.54. The first-order valence-corrected chi connectivity index (χ1v) is 8.54. The second kappa shape index (κ2) is 8.51. The predicted octanol–water partition coefficient (Wildman–Crippen LogP) is 2.88. The van der Waals surface area contributed by atoms with Gasteiger partial charge in [0.05, 0.1) is 12.2 Å². The minimum Gasteiger partial charge on any atom is -0.492 e. The van der Waals surface area contributed by atoms with E-state index in [1.165, 1.54) is 18.2 Å². The van der Waals surface area contributed by atoms with Crippen molar-refractivity contribution in [2.45, 2.75) is 0 Å². The summed E-state index contributed by atoms with van der Waals surface area (Å²) in [5.41, 5.74) is 0.566. The fraction of sp³-hybridized carbons (Fsp3) is 0.316. The highest BCUT2D eigenvalue weighted by Gasteiger charge is 2.22. The lowest BCUT2D eigenvalue weighted by molar-refractivity contribution is 0.191. The minimum atomic E-state index is -0.362. The van der Waals surface area contributed by atoms with E-state index in [1.54, 1.807) is 35.2 Å². The molecule has 1 heterocycles. The van der Waals surface area contributed by atoms with Crippen molar-refractivity contribution in [2.75, 3.05) is 44.2 Å². The summed E-state index contributed by atoms with van der Waals surface area (Å²) in [6.45, 7) is 2.77. The average molecular weight is 361 g/mol. The first-order chi connectivity index (χ1) is 12.6. The van der Waals surface area contributed by atoms with E-state index < -0.39 is 0 Å². The largest absolute Gasteiger partial charge is 0.492 e. The molecule has 5 nitrogen and oxygen atoms in total. The molecule has 0 radical (unpaired) electrons. The number of halogens is 2. The lowest BCUT2D eigenvalue weighted by atomic mass is 10.2.